The smallest absolute Gasteiger partial charge is 0.308 e. The van der Waals surface area contributed by atoms with Crippen LogP contribution in [0.4, 0.5) is 11.5 Å². The van der Waals surface area contributed by atoms with Crippen molar-refractivity contribution >= 4 is 53.8 Å². The summed E-state index contributed by atoms with van der Waals surface area (Å²) in [5, 5.41) is 2.00. The molecule has 8 nitrogen and oxygen atoms in total. The number of esters is 1. The summed E-state index contributed by atoms with van der Waals surface area (Å²) in [7, 11) is 0.534. The minimum atomic E-state index is -1.29. The zero-order chi connectivity index (χ0) is 24.6. The Kier molecular flexibility index (Phi) is 6.70. The van der Waals surface area contributed by atoms with Crippen molar-refractivity contribution in [1.29, 1.82) is 0 Å². The van der Waals surface area contributed by atoms with Crippen LogP contribution in [0, 0.1) is 0 Å². The molecule has 1 aliphatic rings. The van der Waals surface area contributed by atoms with Gasteiger partial charge in [0, 0.05) is 40.2 Å². The fourth-order valence-corrected chi connectivity index (χ4v) is 4.99. The van der Waals surface area contributed by atoms with Gasteiger partial charge < -0.3 is 14.4 Å². The number of fused-ring (bicyclic) bond motifs is 2. The number of aromatic nitrogens is 2. The van der Waals surface area contributed by atoms with Crippen LogP contribution in [0.25, 0.3) is 10.8 Å². The quantitative estimate of drug-likeness (QED) is 0.258. The number of carbonyl (C=O) groups excluding carboxylic acids is 2. The van der Waals surface area contributed by atoms with E-state index in [0.717, 1.165) is 16.8 Å². The standard InChI is InChI=1S/C24H29ClN4O4Si/c1-16(30)33-21-19-20(29(22(21)25)15-32-12-13-34(3,4)5)24(31)28(14-27(19)2)23-18-9-7-6-8-17(18)10-11-26-23/h6-11H,12-15H2,1-5H3. The van der Waals surface area contributed by atoms with E-state index in [1.165, 1.54) is 6.92 Å². The Morgan fingerprint density at radius 2 is 1.94 bits per heavy atom. The van der Waals surface area contributed by atoms with Gasteiger partial charge in [-0.3, -0.25) is 19.1 Å². The molecule has 4 rings (SSSR count). The summed E-state index contributed by atoms with van der Waals surface area (Å²) in [6.07, 6.45) is 1.69. The second-order valence-corrected chi connectivity index (χ2v) is 15.6. The highest BCUT2D eigenvalue weighted by atomic mass is 35.5. The van der Waals surface area contributed by atoms with Gasteiger partial charge in [-0.05, 0) is 17.5 Å². The Balaban J connectivity index is 1.77. The molecule has 0 saturated carbocycles. The number of anilines is 2. The topological polar surface area (TPSA) is 76.9 Å². The van der Waals surface area contributed by atoms with E-state index in [0.29, 0.717) is 23.8 Å². The van der Waals surface area contributed by atoms with Crippen molar-refractivity contribution < 1.29 is 19.1 Å². The Morgan fingerprint density at radius 1 is 1.21 bits per heavy atom. The summed E-state index contributed by atoms with van der Waals surface area (Å²) < 4.78 is 12.9. The molecule has 0 bridgehead atoms. The maximum absolute atomic E-state index is 13.9. The number of rotatable bonds is 7. The van der Waals surface area contributed by atoms with Crippen molar-refractivity contribution in [2.45, 2.75) is 39.3 Å². The molecule has 0 fully saturated rings. The van der Waals surface area contributed by atoms with E-state index in [1.807, 2.05) is 42.3 Å². The lowest BCUT2D eigenvalue weighted by atomic mass is 10.1. The Bertz CT molecular complexity index is 1250. The first kappa shape index (κ1) is 24.2. The van der Waals surface area contributed by atoms with Crippen LogP contribution in [0.15, 0.2) is 36.5 Å². The summed E-state index contributed by atoms with van der Waals surface area (Å²) in [5.74, 6) is -0.0796. The Morgan fingerprint density at radius 3 is 2.65 bits per heavy atom. The second kappa shape index (κ2) is 9.40. The van der Waals surface area contributed by atoms with Crippen LogP contribution in [-0.4, -0.2) is 49.8 Å². The molecule has 0 atom stereocenters. The number of nitrogens with zero attached hydrogens (tertiary/aromatic N) is 4. The van der Waals surface area contributed by atoms with Crippen molar-refractivity contribution in [1.82, 2.24) is 9.55 Å². The largest absolute Gasteiger partial charge is 0.421 e. The molecule has 10 heteroatoms. The first-order valence-corrected chi connectivity index (χ1v) is 15.2. The third-order valence-corrected chi connectivity index (χ3v) is 7.77. The minimum absolute atomic E-state index is 0.0727. The molecule has 0 N–H and O–H groups in total. The molecule has 0 unspecified atom stereocenters. The minimum Gasteiger partial charge on any atom is -0.421 e. The fraction of sp³-hybridized carbons (Fsp3) is 0.375. The zero-order valence-corrected chi connectivity index (χ0v) is 21.8. The maximum Gasteiger partial charge on any atom is 0.308 e. The molecule has 0 aliphatic carbocycles. The van der Waals surface area contributed by atoms with Gasteiger partial charge in [-0.1, -0.05) is 55.5 Å². The lowest BCUT2D eigenvalue weighted by Crippen LogP contribution is -2.46. The number of ether oxygens (including phenoxy) is 2. The third kappa shape index (κ3) is 4.68. The van der Waals surface area contributed by atoms with E-state index in [1.54, 1.807) is 15.7 Å². The van der Waals surface area contributed by atoms with E-state index < -0.39 is 14.0 Å². The van der Waals surface area contributed by atoms with Crippen molar-refractivity contribution in [2.24, 2.45) is 0 Å². The van der Waals surface area contributed by atoms with Crippen molar-refractivity contribution in [2.75, 3.05) is 30.1 Å². The molecule has 2 aromatic heterocycles. The van der Waals surface area contributed by atoms with Crippen LogP contribution in [0.2, 0.25) is 30.8 Å². The van der Waals surface area contributed by atoms with Crippen LogP contribution in [0.1, 0.15) is 17.4 Å². The van der Waals surface area contributed by atoms with Gasteiger partial charge >= 0.3 is 5.97 Å². The number of halogens is 1. The number of carbonyl (C=O) groups is 2. The average molecular weight is 501 g/mol. The first-order chi connectivity index (χ1) is 16.1. The van der Waals surface area contributed by atoms with Gasteiger partial charge in [0.2, 0.25) is 0 Å². The number of hydrogen-bond donors (Lipinski definition) is 0. The number of amides is 1. The molecule has 34 heavy (non-hydrogen) atoms. The van der Waals surface area contributed by atoms with E-state index >= 15 is 0 Å². The Labute approximate surface area is 205 Å². The summed E-state index contributed by atoms with van der Waals surface area (Å²) >= 11 is 6.65. The van der Waals surface area contributed by atoms with Gasteiger partial charge in [0.1, 0.15) is 23.9 Å². The van der Waals surface area contributed by atoms with E-state index in [4.69, 9.17) is 21.1 Å². The van der Waals surface area contributed by atoms with Gasteiger partial charge in [-0.15, -0.1) is 0 Å². The SMILES string of the molecule is CC(=O)Oc1c2c(n(COCC[Si](C)(C)C)c1Cl)C(=O)N(c1nccc3ccccc13)CN2C. The van der Waals surface area contributed by atoms with Crippen molar-refractivity contribution in [3.05, 3.63) is 47.4 Å². The third-order valence-electron chi connectivity index (χ3n) is 5.69. The number of benzene rings is 1. The van der Waals surface area contributed by atoms with Crippen LogP contribution in [-0.2, 0) is 16.3 Å². The monoisotopic (exact) mass is 500 g/mol. The molecule has 3 aromatic rings. The predicted octanol–water partition coefficient (Wildman–Crippen LogP) is 4.98. The highest BCUT2D eigenvalue weighted by molar-refractivity contribution is 6.76. The molecule has 1 aromatic carbocycles. The number of pyridine rings is 1. The molecular weight excluding hydrogens is 472 g/mol. The molecule has 0 spiro atoms. The second-order valence-electron chi connectivity index (χ2n) is 9.62. The summed E-state index contributed by atoms with van der Waals surface area (Å²) in [4.78, 5) is 33.6. The van der Waals surface area contributed by atoms with Gasteiger partial charge in [0.15, 0.2) is 10.9 Å². The molecule has 1 aliphatic heterocycles. The molecule has 3 heterocycles. The summed E-state index contributed by atoms with van der Waals surface area (Å²) in [5.41, 5.74) is 0.772. The van der Waals surface area contributed by atoms with E-state index in [-0.39, 0.29) is 30.2 Å². The fourth-order valence-electron chi connectivity index (χ4n) is 3.97. The lowest BCUT2D eigenvalue weighted by molar-refractivity contribution is -0.131. The molecule has 1 amide bonds. The molecule has 0 radical (unpaired) electrons. The van der Waals surface area contributed by atoms with Crippen LogP contribution in [0.3, 0.4) is 0 Å². The highest BCUT2D eigenvalue weighted by Crippen LogP contribution is 2.45. The lowest BCUT2D eigenvalue weighted by Gasteiger charge is -2.34. The van der Waals surface area contributed by atoms with Gasteiger partial charge in [0.05, 0.1) is 6.67 Å². The number of hydrogen-bond acceptors (Lipinski definition) is 6. The highest BCUT2D eigenvalue weighted by Gasteiger charge is 2.39. The van der Waals surface area contributed by atoms with Crippen LogP contribution < -0.4 is 14.5 Å². The summed E-state index contributed by atoms with van der Waals surface area (Å²) in [6.45, 7) is 8.97. The van der Waals surface area contributed by atoms with E-state index in [2.05, 4.69) is 24.6 Å². The average Bonchev–Trinajstić information content (AvgIpc) is 3.04. The molecular formula is C24H29ClN4O4Si. The van der Waals surface area contributed by atoms with E-state index in [9.17, 15) is 9.59 Å². The van der Waals surface area contributed by atoms with Gasteiger partial charge in [-0.25, -0.2) is 4.98 Å². The maximum atomic E-state index is 13.9. The summed E-state index contributed by atoms with van der Waals surface area (Å²) in [6, 6.07) is 10.7. The normalized spacial score (nSPS) is 14.0. The molecule has 180 valence electrons. The zero-order valence-electron chi connectivity index (χ0n) is 20.1. The van der Waals surface area contributed by atoms with Gasteiger partial charge in [0.25, 0.3) is 5.91 Å². The Hall–Kier alpha value is -2.88. The van der Waals surface area contributed by atoms with Crippen LogP contribution >= 0.6 is 11.6 Å². The van der Waals surface area contributed by atoms with Crippen LogP contribution in [0.5, 0.6) is 5.75 Å². The van der Waals surface area contributed by atoms with Gasteiger partial charge in [-0.2, -0.15) is 0 Å². The molecule has 0 saturated heterocycles. The van der Waals surface area contributed by atoms with Crippen molar-refractivity contribution in [3.8, 4) is 5.75 Å². The van der Waals surface area contributed by atoms with Crippen molar-refractivity contribution in [3.63, 3.8) is 0 Å². The first-order valence-electron chi connectivity index (χ1n) is 11.1. The predicted molar refractivity (Wildman–Crippen MR) is 137 cm³/mol.